The maximum atomic E-state index is 14.0. The second-order valence-corrected chi connectivity index (χ2v) is 7.40. The number of rotatable bonds is 7. The van der Waals surface area contributed by atoms with Crippen LogP contribution in [0.3, 0.4) is 0 Å². The van der Waals surface area contributed by atoms with Crippen molar-refractivity contribution in [2.24, 2.45) is 0 Å². The zero-order chi connectivity index (χ0) is 24.1. The summed E-state index contributed by atoms with van der Waals surface area (Å²) in [4.78, 5) is 36.5. The Bertz CT molecular complexity index is 1240. The van der Waals surface area contributed by atoms with Crippen LogP contribution in [0.15, 0.2) is 59.5 Å². The molecule has 0 spiro atoms. The zero-order valence-corrected chi connectivity index (χ0v) is 17.5. The minimum absolute atomic E-state index is 0.0282. The number of nitrogens with zero attached hydrogens (tertiary/aromatic N) is 1. The number of anilines is 1. The predicted octanol–water partition coefficient (Wildman–Crippen LogP) is 3.53. The topological polar surface area (TPSA) is 121 Å². The van der Waals surface area contributed by atoms with Crippen LogP contribution < -0.4 is 16.2 Å². The Labute approximate surface area is 187 Å². The molecule has 4 N–H and O–H groups in total. The van der Waals surface area contributed by atoms with E-state index in [0.29, 0.717) is 11.6 Å². The van der Waals surface area contributed by atoms with Gasteiger partial charge in [-0.3, -0.25) is 9.59 Å². The molecule has 8 nitrogen and oxygen atoms in total. The van der Waals surface area contributed by atoms with Crippen molar-refractivity contribution in [1.82, 2.24) is 9.88 Å². The van der Waals surface area contributed by atoms with Gasteiger partial charge < -0.3 is 25.4 Å². The number of pyridine rings is 1. The lowest BCUT2D eigenvalue weighted by molar-refractivity contribution is -0.137. The van der Waals surface area contributed by atoms with E-state index < -0.39 is 53.1 Å². The molecule has 0 bridgehead atoms. The molecule has 0 aliphatic heterocycles. The summed E-state index contributed by atoms with van der Waals surface area (Å²) in [5.74, 6) is -3.29. The Balaban J connectivity index is 1.81. The molecule has 2 aromatic carbocycles. The number of urea groups is 1. The molecule has 0 aliphatic carbocycles. The first-order chi connectivity index (χ1) is 15.6. The van der Waals surface area contributed by atoms with Crippen LogP contribution in [0.2, 0.25) is 0 Å². The summed E-state index contributed by atoms with van der Waals surface area (Å²) in [6, 6.07) is 9.10. The summed E-state index contributed by atoms with van der Waals surface area (Å²) in [7, 11) is 0. The van der Waals surface area contributed by atoms with Crippen molar-refractivity contribution in [2.45, 2.75) is 25.9 Å². The van der Waals surface area contributed by atoms with Crippen LogP contribution in [0.1, 0.15) is 29.2 Å². The lowest BCUT2D eigenvalue weighted by Crippen LogP contribution is -2.36. The van der Waals surface area contributed by atoms with Crippen molar-refractivity contribution in [1.29, 1.82) is 0 Å². The average molecular weight is 457 g/mol. The third kappa shape index (κ3) is 5.94. The molecule has 1 atom stereocenters. The van der Waals surface area contributed by atoms with Crippen LogP contribution in [0.4, 0.5) is 19.3 Å². The number of carboxylic acid groups (broad SMARTS) is 1. The van der Waals surface area contributed by atoms with E-state index in [1.807, 2.05) is 6.92 Å². The van der Waals surface area contributed by atoms with Gasteiger partial charge in [0.2, 0.25) is 0 Å². The maximum Gasteiger partial charge on any atom is 0.319 e. The number of aliphatic carboxylic acids is 1. The molecule has 172 valence electrons. The van der Waals surface area contributed by atoms with E-state index in [0.717, 1.165) is 22.3 Å². The van der Waals surface area contributed by atoms with E-state index in [2.05, 4.69) is 10.6 Å². The third-order valence-electron chi connectivity index (χ3n) is 4.90. The summed E-state index contributed by atoms with van der Waals surface area (Å²) in [6.07, 6.45) is 0.786. The highest BCUT2D eigenvalue weighted by Crippen LogP contribution is 2.21. The normalized spacial score (nSPS) is 11.6. The van der Waals surface area contributed by atoms with Crippen molar-refractivity contribution in [3.63, 3.8) is 0 Å². The van der Waals surface area contributed by atoms with Gasteiger partial charge in [-0.1, -0.05) is 35.9 Å². The van der Waals surface area contributed by atoms with Gasteiger partial charge in [0.1, 0.15) is 17.4 Å². The zero-order valence-electron chi connectivity index (χ0n) is 17.5. The molecule has 0 aliphatic rings. The SMILES string of the molecule is Cc1ccc([C@H](CC(=O)O)NC(=O)Nc2c(O)ccn(Cc3ccc(F)cc3F)c2=O)cc1. The number of carboxylic acids is 1. The van der Waals surface area contributed by atoms with E-state index in [-0.39, 0.29) is 12.1 Å². The molecule has 3 aromatic rings. The first kappa shape index (κ1) is 23.5. The summed E-state index contributed by atoms with van der Waals surface area (Å²) in [5, 5.41) is 24.0. The van der Waals surface area contributed by atoms with Gasteiger partial charge in [0, 0.05) is 17.8 Å². The van der Waals surface area contributed by atoms with E-state index in [1.165, 1.54) is 12.3 Å². The monoisotopic (exact) mass is 457 g/mol. The molecule has 10 heteroatoms. The highest BCUT2D eigenvalue weighted by atomic mass is 19.1. The van der Waals surface area contributed by atoms with Gasteiger partial charge in [-0.2, -0.15) is 0 Å². The first-order valence-electron chi connectivity index (χ1n) is 9.86. The van der Waals surface area contributed by atoms with E-state index in [1.54, 1.807) is 24.3 Å². The summed E-state index contributed by atoms with van der Waals surface area (Å²) >= 11 is 0. The molecule has 3 rings (SSSR count). The molecule has 1 aromatic heterocycles. The number of aromatic hydroxyl groups is 1. The lowest BCUT2D eigenvalue weighted by Gasteiger charge is -2.18. The Kier molecular flexibility index (Phi) is 7.07. The van der Waals surface area contributed by atoms with Gasteiger partial charge in [-0.25, -0.2) is 13.6 Å². The molecule has 33 heavy (non-hydrogen) atoms. The van der Waals surface area contributed by atoms with Crippen LogP contribution in [-0.2, 0) is 11.3 Å². The number of nitrogens with one attached hydrogen (secondary N) is 2. The summed E-state index contributed by atoms with van der Waals surface area (Å²) < 4.78 is 28.1. The molecular formula is C23H21F2N3O5. The Morgan fingerprint density at radius 1 is 1.09 bits per heavy atom. The minimum Gasteiger partial charge on any atom is -0.505 e. The number of benzene rings is 2. The predicted molar refractivity (Wildman–Crippen MR) is 116 cm³/mol. The van der Waals surface area contributed by atoms with Gasteiger partial charge >= 0.3 is 12.0 Å². The number of aryl methyl sites for hydroxylation is 1. The Morgan fingerprint density at radius 2 is 1.79 bits per heavy atom. The second kappa shape index (κ2) is 9.94. The van der Waals surface area contributed by atoms with Crippen LogP contribution >= 0.6 is 0 Å². The smallest absolute Gasteiger partial charge is 0.319 e. The number of carbonyl (C=O) groups excluding carboxylic acids is 1. The van der Waals surface area contributed by atoms with Crippen LogP contribution in [0.25, 0.3) is 0 Å². The molecular weight excluding hydrogens is 436 g/mol. The van der Waals surface area contributed by atoms with E-state index >= 15 is 0 Å². The standard InChI is InChI=1S/C23H21F2N3O5/c1-13-2-4-14(5-3-13)18(11-20(30)31)26-23(33)27-21-19(29)8-9-28(22(21)32)12-15-6-7-16(24)10-17(15)25/h2-10,18,29H,11-12H2,1H3,(H,30,31)(H2,26,27,33)/t18-/m0/s1. The van der Waals surface area contributed by atoms with E-state index in [9.17, 15) is 33.4 Å². The number of carbonyl (C=O) groups is 2. The maximum absolute atomic E-state index is 14.0. The molecule has 2 amide bonds. The van der Waals surface area contributed by atoms with Crippen molar-refractivity contribution in [2.75, 3.05) is 5.32 Å². The molecule has 0 radical (unpaired) electrons. The van der Waals surface area contributed by atoms with Gasteiger partial charge in [0.15, 0.2) is 5.69 Å². The second-order valence-electron chi connectivity index (χ2n) is 7.40. The largest absolute Gasteiger partial charge is 0.505 e. The highest BCUT2D eigenvalue weighted by Gasteiger charge is 2.20. The quantitative estimate of drug-likeness (QED) is 0.433. The van der Waals surface area contributed by atoms with Crippen molar-refractivity contribution >= 4 is 17.7 Å². The van der Waals surface area contributed by atoms with Crippen molar-refractivity contribution in [3.8, 4) is 5.75 Å². The number of hydrogen-bond donors (Lipinski definition) is 4. The van der Waals surface area contributed by atoms with Gasteiger partial charge in [0.25, 0.3) is 5.56 Å². The number of amides is 2. The number of hydrogen-bond acceptors (Lipinski definition) is 4. The first-order valence-corrected chi connectivity index (χ1v) is 9.86. The minimum atomic E-state index is -1.15. The number of halogens is 2. The Hall–Kier alpha value is -4.21. The van der Waals surface area contributed by atoms with Gasteiger partial charge in [0.05, 0.1) is 19.0 Å². The highest BCUT2D eigenvalue weighted by molar-refractivity contribution is 5.91. The summed E-state index contributed by atoms with van der Waals surface area (Å²) in [6.45, 7) is 1.59. The van der Waals surface area contributed by atoms with Crippen molar-refractivity contribution < 1.29 is 28.6 Å². The lowest BCUT2D eigenvalue weighted by atomic mass is 10.0. The van der Waals surface area contributed by atoms with Crippen molar-refractivity contribution in [3.05, 3.63) is 93.4 Å². The van der Waals surface area contributed by atoms with E-state index in [4.69, 9.17) is 0 Å². The molecule has 0 fully saturated rings. The molecule has 0 saturated carbocycles. The average Bonchev–Trinajstić information content (AvgIpc) is 2.74. The van der Waals surface area contributed by atoms with Gasteiger partial charge in [-0.15, -0.1) is 0 Å². The third-order valence-corrected chi connectivity index (χ3v) is 4.90. The number of aromatic nitrogens is 1. The fourth-order valence-electron chi connectivity index (χ4n) is 3.17. The van der Waals surface area contributed by atoms with Crippen LogP contribution in [0, 0.1) is 18.6 Å². The van der Waals surface area contributed by atoms with Crippen LogP contribution in [-0.4, -0.2) is 26.8 Å². The fourth-order valence-corrected chi connectivity index (χ4v) is 3.17. The summed E-state index contributed by atoms with van der Waals surface area (Å²) in [5.41, 5.74) is 0.208. The fraction of sp³-hybridized carbons (Fsp3) is 0.174. The molecule has 1 heterocycles. The molecule has 0 unspecified atom stereocenters. The van der Waals surface area contributed by atoms with Gasteiger partial charge in [-0.05, 0) is 24.6 Å². The molecule has 0 saturated heterocycles. The Morgan fingerprint density at radius 3 is 2.42 bits per heavy atom. The van der Waals surface area contributed by atoms with Crippen LogP contribution in [0.5, 0.6) is 5.75 Å².